The van der Waals surface area contributed by atoms with Gasteiger partial charge in [0.2, 0.25) is 0 Å². The molecule has 0 saturated carbocycles. The molecule has 0 radical (unpaired) electrons. The third-order valence-corrected chi connectivity index (χ3v) is 3.92. The standard InChI is InChI=1S/C15H30N4/c1-6-11-19-12(2)17-18-14(19)8-7-13(9-10-16)15(3,4)5/h13H,6-11,16H2,1-5H3. The van der Waals surface area contributed by atoms with Gasteiger partial charge in [-0.25, -0.2) is 0 Å². The van der Waals surface area contributed by atoms with E-state index in [1.54, 1.807) is 0 Å². The summed E-state index contributed by atoms with van der Waals surface area (Å²) in [5.41, 5.74) is 6.05. The summed E-state index contributed by atoms with van der Waals surface area (Å²) in [6.45, 7) is 12.9. The Balaban J connectivity index is 2.69. The Hall–Kier alpha value is -0.900. The van der Waals surface area contributed by atoms with Gasteiger partial charge in [0.15, 0.2) is 0 Å². The third-order valence-electron chi connectivity index (χ3n) is 3.92. The van der Waals surface area contributed by atoms with Crippen molar-refractivity contribution in [1.82, 2.24) is 14.8 Å². The molecule has 0 fully saturated rings. The molecule has 19 heavy (non-hydrogen) atoms. The van der Waals surface area contributed by atoms with Gasteiger partial charge in [-0.05, 0) is 44.1 Å². The highest BCUT2D eigenvalue weighted by atomic mass is 15.3. The second kappa shape index (κ2) is 7.04. The van der Waals surface area contributed by atoms with E-state index in [9.17, 15) is 0 Å². The Labute approximate surface area is 117 Å². The van der Waals surface area contributed by atoms with Crippen molar-refractivity contribution in [3.8, 4) is 0 Å². The van der Waals surface area contributed by atoms with Crippen LogP contribution in [-0.4, -0.2) is 21.3 Å². The molecule has 0 aliphatic heterocycles. The maximum Gasteiger partial charge on any atom is 0.132 e. The summed E-state index contributed by atoms with van der Waals surface area (Å²) in [7, 11) is 0. The van der Waals surface area contributed by atoms with E-state index in [0.29, 0.717) is 11.3 Å². The number of aromatic nitrogens is 3. The molecule has 0 amide bonds. The first kappa shape index (κ1) is 16.2. The van der Waals surface area contributed by atoms with Crippen molar-refractivity contribution in [3.05, 3.63) is 11.6 Å². The number of hydrogen-bond acceptors (Lipinski definition) is 3. The van der Waals surface area contributed by atoms with Crippen molar-refractivity contribution in [2.45, 2.75) is 66.8 Å². The van der Waals surface area contributed by atoms with Crippen molar-refractivity contribution in [2.75, 3.05) is 6.54 Å². The molecule has 1 atom stereocenters. The average molecular weight is 266 g/mol. The lowest BCUT2D eigenvalue weighted by Gasteiger charge is -2.30. The monoisotopic (exact) mass is 266 g/mol. The Morgan fingerprint density at radius 1 is 1.21 bits per heavy atom. The molecule has 0 aliphatic rings. The second-order valence-corrected chi connectivity index (χ2v) is 6.49. The summed E-state index contributed by atoms with van der Waals surface area (Å²) in [5, 5.41) is 8.54. The fraction of sp³-hybridized carbons (Fsp3) is 0.867. The van der Waals surface area contributed by atoms with Gasteiger partial charge in [0.05, 0.1) is 0 Å². The van der Waals surface area contributed by atoms with Crippen molar-refractivity contribution >= 4 is 0 Å². The van der Waals surface area contributed by atoms with Crippen LogP contribution in [0.3, 0.4) is 0 Å². The van der Waals surface area contributed by atoms with E-state index in [-0.39, 0.29) is 0 Å². The molecule has 4 heteroatoms. The highest BCUT2D eigenvalue weighted by Gasteiger charge is 2.24. The van der Waals surface area contributed by atoms with Gasteiger partial charge in [0, 0.05) is 13.0 Å². The van der Waals surface area contributed by atoms with Crippen LogP contribution >= 0.6 is 0 Å². The lowest BCUT2D eigenvalue weighted by Crippen LogP contribution is -2.24. The summed E-state index contributed by atoms with van der Waals surface area (Å²) in [4.78, 5) is 0. The van der Waals surface area contributed by atoms with Gasteiger partial charge in [0.1, 0.15) is 11.6 Å². The third kappa shape index (κ3) is 4.60. The molecule has 1 rings (SSSR count). The molecule has 0 saturated heterocycles. The van der Waals surface area contributed by atoms with Crippen LogP contribution < -0.4 is 5.73 Å². The molecule has 1 unspecified atom stereocenters. The van der Waals surface area contributed by atoms with E-state index in [0.717, 1.165) is 50.4 Å². The van der Waals surface area contributed by atoms with Gasteiger partial charge in [-0.2, -0.15) is 0 Å². The van der Waals surface area contributed by atoms with Crippen LogP contribution in [0.4, 0.5) is 0 Å². The SMILES string of the molecule is CCCn1c(C)nnc1CCC(CCN)C(C)(C)C. The first-order valence-electron chi connectivity index (χ1n) is 7.48. The smallest absolute Gasteiger partial charge is 0.132 e. The number of rotatable bonds is 7. The van der Waals surface area contributed by atoms with Crippen LogP contribution in [0, 0.1) is 18.3 Å². The van der Waals surface area contributed by atoms with Crippen LogP contribution in [0.2, 0.25) is 0 Å². The molecular weight excluding hydrogens is 236 g/mol. The molecule has 1 heterocycles. The normalized spacial score (nSPS) is 13.8. The predicted octanol–water partition coefficient (Wildman–Crippen LogP) is 2.94. The summed E-state index contributed by atoms with van der Waals surface area (Å²) in [5.74, 6) is 2.80. The lowest BCUT2D eigenvalue weighted by molar-refractivity contribution is 0.213. The quantitative estimate of drug-likeness (QED) is 0.825. The highest BCUT2D eigenvalue weighted by molar-refractivity contribution is 4.95. The molecule has 110 valence electrons. The number of aryl methyl sites for hydroxylation is 2. The topological polar surface area (TPSA) is 56.7 Å². The van der Waals surface area contributed by atoms with Crippen molar-refractivity contribution in [3.63, 3.8) is 0 Å². The number of nitrogens with two attached hydrogens (primary N) is 1. The highest BCUT2D eigenvalue weighted by Crippen LogP contribution is 2.32. The first-order chi connectivity index (χ1) is 8.90. The van der Waals surface area contributed by atoms with Gasteiger partial charge < -0.3 is 10.3 Å². The molecule has 1 aromatic rings. The van der Waals surface area contributed by atoms with Crippen LogP contribution in [-0.2, 0) is 13.0 Å². The van der Waals surface area contributed by atoms with Gasteiger partial charge >= 0.3 is 0 Å². The Morgan fingerprint density at radius 2 is 1.89 bits per heavy atom. The Bertz CT molecular complexity index is 376. The number of nitrogens with zero attached hydrogens (tertiary/aromatic N) is 3. The van der Waals surface area contributed by atoms with Crippen LogP contribution in [0.15, 0.2) is 0 Å². The molecule has 0 bridgehead atoms. The largest absolute Gasteiger partial charge is 0.330 e. The second-order valence-electron chi connectivity index (χ2n) is 6.49. The fourth-order valence-corrected chi connectivity index (χ4v) is 2.64. The summed E-state index contributed by atoms with van der Waals surface area (Å²) in [6, 6.07) is 0. The van der Waals surface area contributed by atoms with Crippen molar-refractivity contribution in [1.29, 1.82) is 0 Å². The van der Waals surface area contributed by atoms with Crippen molar-refractivity contribution in [2.24, 2.45) is 17.1 Å². The van der Waals surface area contributed by atoms with E-state index in [1.807, 2.05) is 6.92 Å². The molecular formula is C15H30N4. The molecule has 1 aromatic heterocycles. The zero-order chi connectivity index (χ0) is 14.5. The van der Waals surface area contributed by atoms with Crippen molar-refractivity contribution < 1.29 is 0 Å². The molecule has 2 N–H and O–H groups in total. The zero-order valence-corrected chi connectivity index (χ0v) is 13.2. The maximum absolute atomic E-state index is 5.74. The molecule has 4 nitrogen and oxygen atoms in total. The summed E-state index contributed by atoms with van der Waals surface area (Å²) in [6.07, 6.45) is 4.35. The van der Waals surface area contributed by atoms with Gasteiger partial charge in [-0.15, -0.1) is 10.2 Å². The predicted molar refractivity (Wildman–Crippen MR) is 80.0 cm³/mol. The Morgan fingerprint density at radius 3 is 2.42 bits per heavy atom. The minimum absolute atomic E-state index is 0.310. The fourth-order valence-electron chi connectivity index (χ4n) is 2.64. The van der Waals surface area contributed by atoms with Gasteiger partial charge in [0.25, 0.3) is 0 Å². The minimum atomic E-state index is 0.310. The van der Waals surface area contributed by atoms with E-state index in [1.165, 1.54) is 0 Å². The van der Waals surface area contributed by atoms with Crippen LogP contribution in [0.1, 0.15) is 58.6 Å². The minimum Gasteiger partial charge on any atom is -0.330 e. The summed E-state index contributed by atoms with van der Waals surface area (Å²) >= 11 is 0. The van der Waals surface area contributed by atoms with E-state index in [2.05, 4.69) is 42.5 Å². The van der Waals surface area contributed by atoms with Crippen LogP contribution in [0.5, 0.6) is 0 Å². The Kier molecular flexibility index (Phi) is 5.98. The lowest BCUT2D eigenvalue weighted by atomic mass is 9.76. The maximum atomic E-state index is 5.74. The number of hydrogen-bond donors (Lipinski definition) is 1. The van der Waals surface area contributed by atoms with E-state index in [4.69, 9.17) is 5.73 Å². The van der Waals surface area contributed by atoms with Crippen LogP contribution in [0.25, 0.3) is 0 Å². The van der Waals surface area contributed by atoms with Gasteiger partial charge in [-0.1, -0.05) is 27.7 Å². The van der Waals surface area contributed by atoms with E-state index < -0.39 is 0 Å². The molecule has 0 spiro atoms. The first-order valence-corrected chi connectivity index (χ1v) is 7.48. The molecule has 0 aromatic carbocycles. The van der Waals surface area contributed by atoms with Gasteiger partial charge in [-0.3, -0.25) is 0 Å². The van der Waals surface area contributed by atoms with E-state index >= 15 is 0 Å². The molecule has 0 aliphatic carbocycles. The summed E-state index contributed by atoms with van der Waals surface area (Å²) < 4.78 is 2.25. The average Bonchev–Trinajstić information content (AvgIpc) is 2.66. The zero-order valence-electron chi connectivity index (χ0n) is 13.2.